The van der Waals surface area contributed by atoms with E-state index in [9.17, 15) is 14.4 Å². The molecule has 2 aromatic rings. The highest BCUT2D eigenvalue weighted by atomic mass is 16.5. The first-order valence-electron chi connectivity index (χ1n) is 12.5. The zero-order valence-electron chi connectivity index (χ0n) is 20.8. The van der Waals surface area contributed by atoms with Crippen LogP contribution in [0.2, 0.25) is 0 Å². The van der Waals surface area contributed by atoms with E-state index in [2.05, 4.69) is 22.7 Å². The summed E-state index contributed by atoms with van der Waals surface area (Å²) in [6.45, 7) is 4.85. The highest BCUT2D eigenvalue weighted by molar-refractivity contribution is 6.01. The molecule has 9 heteroatoms. The molecular weight excluding hydrogens is 446 g/mol. The monoisotopic (exact) mass is 481 g/mol. The van der Waals surface area contributed by atoms with Gasteiger partial charge in [0.25, 0.3) is 11.8 Å². The second-order valence-electron chi connectivity index (χ2n) is 9.65. The summed E-state index contributed by atoms with van der Waals surface area (Å²) in [6.07, 6.45) is 5.85. The van der Waals surface area contributed by atoms with Crippen LogP contribution in [0.5, 0.6) is 5.75 Å². The number of ether oxygens (including phenoxy) is 1. The number of amides is 3. The molecule has 1 aromatic carbocycles. The molecule has 1 aliphatic heterocycles. The molecule has 0 spiro atoms. The molecule has 1 atom stereocenters. The lowest BCUT2D eigenvalue weighted by molar-refractivity contribution is -0.133. The normalized spacial score (nSPS) is 20.0. The summed E-state index contributed by atoms with van der Waals surface area (Å²) in [7, 11) is 1.59. The minimum absolute atomic E-state index is 0.152. The van der Waals surface area contributed by atoms with Crippen molar-refractivity contribution >= 4 is 17.7 Å². The predicted octanol–water partition coefficient (Wildman–Crippen LogP) is 2.90. The smallest absolute Gasteiger partial charge is 0.273 e. The summed E-state index contributed by atoms with van der Waals surface area (Å²) < 4.78 is 6.74. The van der Waals surface area contributed by atoms with Crippen molar-refractivity contribution in [3.05, 3.63) is 47.3 Å². The van der Waals surface area contributed by atoms with Crippen molar-refractivity contribution in [3.8, 4) is 5.75 Å². The first-order valence-corrected chi connectivity index (χ1v) is 12.5. The zero-order chi connectivity index (χ0) is 25.0. The van der Waals surface area contributed by atoms with Crippen molar-refractivity contribution in [1.82, 2.24) is 25.3 Å². The third kappa shape index (κ3) is 5.18. The molecule has 2 heterocycles. The maximum Gasteiger partial charge on any atom is 0.273 e. The van der Waals surface area contributed by atoms with E-state index in [4.69, 9.17) is 4.74 Å². The molecule has 2 aliphatic rings. The molecule has 2 N–H and O–H groups in total. The minimum Gasteiger partial charge on any atom is -0.497 e. The molecule has 1 saturated carbocycles. The number of nitrogens with one attached hydrogen (secondary N) is 2. The fourth-order valence-corrected chi connectivity index (χ4v) is 4.89. The van der Waals surface area contributed by atoms with Gasteiger partial charge < -0.3 is 20.3 Å². The Kier molecular flexibility index (Phi) is 7.42. The van der Waals surface area contributed by atoms with Crippen LogP contribution in [0.3, 0.4) is 0 Å². The number of hydrogen-bond acceptors (Lipinski definition) is 5. The second-order valence-corrected chi connectivity index (χ2v) is 9.65. The van der Waals surface area contributed by atoms with Gasteiger partial charge in [0.05, 0.1) is 13.7 Å². The van der Waals surface area contributed by atoms with Gasteiger partial charge in [0, 0.05) is 25.2 Å². The quantitative estimate of drug-likeness (QED) is 0.573. The Morgan fingerprint density at radius 2 is 2.00 bits per heavy atom. The van der Waals surface area contributed by atoms with Gasteiger partial charge in [-0.05, 0) is 43.9 Å². The molecule has 1 aromatic heterocycles. The van der Waals surface area contributed by atoms with E-state index in [1.165, 1.54) is 10.7 Å². The van der Waals surface area contributed by atoms with Crippen LogP contribution in [0.15, 0.2) is 30.3 Å². The van der Waals surface area contributed by atoms with Gasteiger partial charge >= 0.3 is 0 Å². The van der Waals surface area contributed by atoms with Crippen molar-refractivity contribution in [1.29, 1.82) is 0 Å². The Balaban J connectivity index is 1.53. The second kappa shape index (κ2) is 10.5. The number of hydrogen-bond donors (Lipinski definition) is 2. The largest absolute Gasteiger partial charge is 0.497 e. The number of unbranched alkanes of at least 4 members (excludes halogenated alkanes) is 1. The van der Waals surface area contributed by atoms with Crippen LogP contribution in [-0.2, 0) is 17.9 Å². The topological polar surface area (TPSA) is 106 Å². The van der Waals surface area contributed by atoms with Crippen LogP contribution in [0.25, 0.3) is 0 Å². The lowest BCUT2D eigenvalue weighted by atomic mass is 9.94. The number of carbonyl (C=O) groups excluding carboxylic acids is 3. The first-order chi connectivity index (χ1) is 16.9. The van der Waals surface area contributed by atoms with E-state index in [-0.39, 0.29) is 36.0 Å². The highest BCUT2D eigenvalue weighted by Gasteiger charge is 2.48. The van der Waals surface area contributed by atoms with Gasteiger partial charge in [-0.1, -0.05) is 38.3 Å². The van der Waals surface area contributed by atoms with Gasteiger partial charge in [0.15, 0.2) is 5.69 Å². The van der Waals surface area contributed by atoms with E-state index in [0.29, 0.717) is 24.5 Å². The lowest BCUT2D eigenvalue weighted by Crippen LogP contribution is -2.65. The minimum atomic E-state index is -1.07. The summed E-state index contributed by atoms with van der Waals surface area (Å²) in [4.78, 5) is 41.4. The fraction of sp³-hybridized carbons (Fsp3) is 0.538. The number of rotatable bonds is 9. The number of fused-ring (bicyclic) bond motifs is 1. The van der Waals surface area contributed by atoms with Crippen LogP contribution in [-0.4, -0.2) is 57.6 Å². The number of aromatic nitrogens is 2. The molecule has 0 radical (unpaired) electrons. The number of methoxy groups -OCH3 is 1. The van der Waals surface area contributed by atoms with Crippen LogP contribution in [0, 0.1) is 0 Å². The van der Waals surface area contributed by atoms with Gasteiger partial charge in [-0.15, -0.1) is 0 Å². The third-order valence-electron chi connectivity index (χ3n) is 7.03. The predicted molar refractivity (Wildman–Crippen MR) is 131 cm³/mol. The summed E-state index contributed by atoms with van der Waals surface area (Å²) >= 11 is 0. The zero-order valence-corrected chi connectivity index (χ0v) is 20.8. The van der Waals surface area contributed by atoms with Crippen molar-refractivity contribution in [2.24, 2.45) is 0 Å². The molecule has 3 amide bonds. The summed E-state index contributed by atoms with van der Waals surface area (Å²) in [6, 6.07) is 9.11. The van der Waals surface area contributed by atoms with Gasteiger partial charge in [-0.2, -0.15) is 5.10 Å². The Bertz CT molecular complexity index is 1090. The highest BCUT2D eigenvalue weighted by Crippen LogP contribution is 2.29. The number of carbonyl (C=O) groups is 3. The van der Waals surface area contributed by atoms with Crippen LogP contribution >= 0.6 is 0 Å². The summed E-state index contributed by atoms with van der Waals surface area (Å²) in [5.41, 5.74) is 0.313. The van der Waals surface area contributed by atoms with Gasteiger partial charge in [0.1, 0.15) is 17.0 Å². The lowest BCUT2D eigenvalue weighted by Gasteiger charge is -2.43. The number of nitrogens with zero attached hydrogens (tertiary/aromatic N) is 3. The molecule has 4 rings (SSSR count). The molecule has 0 bridgehead atoms. The van der Waals surface area contributed by atoms with Crippen LogP contribution < -0.4 is 15.4 Å². The Labute approximate surface area is 206 Å². The molecule has 0 saturated heterocycles. The van der Waals surface area contributed by atoms with E-state index >= 15 is 0 Å². The average Bonchev–Trinajstić information content (AvgIpc) is 3.52. The van der Waals surface area contributed by atoms with E-state index < -0.39 is 5.54 Å². The van der Waals surface area contributed by atoms with E-state index in [0.717, 1.165) is 44.1 Å². The van der Waals surface area contributed by atoms with Crippen molar-refractivity contribution in [2.75, 3.05) is 13.7 Å². The van der Waals surface area contributed by atoms with Crippen molar-refractivity contribution in [2.45, 2.75) is 77.0 Å². The van der Waals surface area contributed by atoms with E-state index in [1.807, 2.05) is 24.3 Å². The summed E-state index contributed by atoms with van der Waals surface area (Å²) in [5.74, 6) is -0.0889. The maximum absolute atomic E-state index is 13.5. The average molecular weight is 482 g/mol. The molecule has 1 unspecified atom stereocenters. The Morgan fingerprint density at radius 3 is 2.71 bits per heavy atom. The van der Waals surface area contributed by atoms with E-state index in [1.54, 1.807) is 18.9 Å². The van der Waals surface area contributed by atoms with Gasteiger partial charge in [-0.25, -0.2) is 0 Å². The molecular formula is C26H35N5O4. The molecule has 9 nitrogen and oxygen atoms in total. The first kappa shape index (κ1) is 24.8. The van der Waals surface area contributed by atoms with Crippen molar-refractivity contribution < 1.29 is 19.1 Å². The van der Waals surface area contributed by atoms with Crippen LogP contribution in [0.1, 0.15) is 78.9 Å². The molecule has 188 valence electrons. The third-order valence-corrected chi connectivity index (χ3v) is 7.03. The maximum atomic E-state index is 13.5. The van der Waals surface area contributed by atoms with Crippen LogP contribution in [0.4, 0.5) is 0 Å². The standard InChI is InChI=1S/C26H35N5O4/c1-4-5-13-30-24(33)22-15-21(23(32)27-16-18-9-8-12-20(14-18)35-3)29-31(22)17-26(30,2)25(34)28-19-10-6-7-11-19/h8-9,12,14-15,19H,4-7,10-11,13,16-17H2,1-3H3,(H,27,32)(H,28,34). The molecule has 35 heavy (non-hydrogen) atoms. The SMILES string of the molecule is CCCCN1C(=O)c2cc(C(=O)NCc3cccc(OC)c3)nn2CC1(C)C(=O)NC1CCCC1. The fourth-order valence-electron chi connectivity index (χ4n) is 4.89. The summed E-state index contributed by atoms with van der Waals surface area (Å²) in [5, 5.41) is 10.4. The Morgan fingerprint density at radius 1 is 1.23 bits per heavy atom. The molecule has 1 aliphatic carbocycles. The number of benzene rings is 1. The Hall–Kier alpha value is -3.36. The van der Waals surface area contributed by atoms with Gasteiger partial charge in [0.2, 0.25) is 5.91 Å². The van der Waals surface area contributed by atoms with Crippen molar-refractivity contribution in [3.63, 3.8) is 0 Å². The van der Waals surface area contributed by atoms with Gasteiger partial charge in [-0.3, -0.25) is 19.1 Å². The molecule has 1 fully saturated rings.